The minimum atomic E-state index is -5.04. The van der Waals surface area contributed by atoms with Gasteiger partial charge in [-0.3, -0.25) is 9.59 Å². The number of nitrogens with one attached hydrogen (secondary N) is 1. The van der Waals surface area contributed by atoms with Gasteiger partial charge in [0.05, 0.1) is 11.1 Å². The molecule has 0 fully saturated rings. The van der Waals surface area contributed by atoms with Gasteiger partial charge < -0.3 is 11.1 Å². The van der Waals surface area contributed by atoms with E-state index in [1.807, 2.05) is 6.92 Å². The molecule has 0 saturated carbocycles. The smallest absolute Gasteiger partial charge is 0.399 e. The van der Waals surface area contributed by atoms with Gasteiger partial charge in [0.1, 0.15) is 0 Å². The first kappa shape index (κ1) is 28.4. The molecular formula is C30H22F6N2O2. The van der Waals surface area contributed by atoms with Crippen LogP contribution in [0.3, 0.4) is 0 Å². The number of nitrogen functional groups attached to an aromatic ring is 1. The molecule has 4 aromatic carbocycles. The van der Waals surface area contributed by atoms with Crippen molar-refractivity contribution in [2.24, 2.45) is 0 Å². The third-order valence-corrected chi connectivity index (χ3v) is 6.17. The Bertz CT molecular complexity index is 1440. The van der Waals surface area contributed by atoms with E-state index in [1.54, 1.807) is 24.3 Å². The van der Waals surface area contributed by atoms with Crippen LogP contribution in [-0.2, 0) is 18.8 Å². The van der Waals surface area contributed by atoms with Crippen molar-refractivity contribution in [1.29, 1.82) is 0 Å². The van der Waals surface area contributed by atoms with Crippen LogP contribution in [0.1, 0.15) is 43.0 Å². The number of carbonyl (C=O) groups is 2. The number of ketones is 1. The van der Waals surface area contributed by atoms with Crippen LogP contribution < -0.4 is 11.1 Å². The van der Waals surface area contributed by atoms with Crippen molar-refractivity contribution < 1.29 is 35.9 Å². The standard InChI is InChI=1S/C30H22F6N2O2/c1-17-2-5-19(6-3-17)27(39)15-18-4-12-23(25(14-18)29(31,32)33)24-13-11-22(16-26(24)30(34,35)36)38-28(40)20-7-9-21(37)10-8-20/h2-14,16H,15,37H2,1H3,(H,38,40). The number of alkyl halides is 6. The van der Waals surface area contributed by atoms with E-state index < -0.39 is 46.3 Å². The molecule has 0 aliphatic rings. The molecule has 10 heteroatoms. The zero-order chi connectivity index (χ0) is 29.2. The van der Waals surface area contributed by atoms with Crippen molar-refractivity contribution in [3.05, 3.63) is 118 Å². The van der Waals surface area contributed by atoms with Crippen LogP contribution in [0.15, 0.2) is 84.9 Å². The van der Waals surface area contributed by atoms with Crippen LogP contribution in [-0.4, -0.2) is 11.7 Å². The van der Waals surface area contributed by atoms with Gasteiger partial charge in [-0.2, -0.15) is 26.3 Å². The molecule has 4 nitrogen and oxygen atoms in total. The maximum Gasteiger partial charge on any atom is 0.417 e. The van der Waals surface area contributed by atoms with Crippen LogP contribution in [0.2, 0.25) is 0 Å². The lowest BCUT2D eigenvalue weighted by Gasteiger charge is -2.19. The first-order valence-corrected chi connectivity index (χ1v) is 11.9. The lowest BCUT2D eigenvalue weighted by Crippen LogP contribution is -2.15. The SMILES string of the molecule is Cc1ccc(C(=O)Cc2ccc(-c3ccc(NC(=O)c4ccc(N)cc4)cc3C(F)(F)F)c(C(F)(F)F)c2)cc1. The third-order valence-electron chi connectivity index (χ3n) is 6.17. The minimum absolute atomic E-state index is 0.00240. The topological polar surface area (TPSA) is 72.2 Å². The van der Waals surface area contributed by atoms with Crippen molar-refractivity contribution >= 4 is 23.1 Å². The molecule has 206 valence electrons. The van der Waals surface area contributed by atoms with Crippen LogP contribution in [0, 0.1) is 6.92 Å². The molecule has 0 aromatic heterocycles. The second-order valence-corrected chi connectivity index (χ2v) is 9.18. The number of rotatable bonds is 6. The minimum Gasteiger partial charge on any atom is -0.399 e. The molecule has 0 heterocycles. The van der Waals surface area contributed by atoms with Crippen molar-refractivity contribution in [3.63, 3.8) is 0 Å². The molecular weight excluding hydrogens is 534 g/mol. The van der Waals surface area contributed by atoms with Crippen LogP contribution in [0.4, 0.5) is 37.7 Å². The highest BCUT2D eigenvalue weighted by Crippen LogP contribution is 2.44. The summed E-state index contributed by atoms with van der Waals surface area (Å²) in [5.41, 5.74) is 2.92. The average Bonchev–Trinajstić information content (AvgIpc) is 2.88. The van der Waals surface area contributed by atoms with Gasteiger partial charge in [0.15, 0.2) is 5.78 Å². The Kier molecular flexibility index (Phi) is 7.72. The largest absolute Gasteiger partial charge is 0.417 e. The summed E-state index contributed by atoms with van der Waals surface area (Å²) < 4.78 is 84.4. The third kappa shape index (κ3) is 6.51. The number of hydrogen-bond donors (Lipinski definition) is 2. The van der Waals surface area contributed by atoms with E-state index in [4.69, 9.17) is 5.73 Å². The maximum atomic E-state index is 14.1. The van der Waals surface area contributed by atoms with Gasteiger partial charge in [0, 0.05) is 28.9 Å². The second-order valence-electron chi connectivity index (χ2n) is 9.18. The molecule has 0 unspecified atom stereocenters. The Labute approximate surface area is 225 Å². The highest BCUT2D eigenvalue weighted by Gasteiger charge is 2.39. The summed E-state index contributed by atoms with van der Waals surface area (Å²) in [7, 11) is 0. The lowest BCUT2D eigenvalue weighted by atomic mass is 9.91. The number of Topliss-reactive ketones (excluding diaryl/α,β-unsaturated/α-hetero) is 1. The van der Waals surface area contributed by atoms with Crippen LogP contribution >= 0.6 is 0 Å². The van der Waals surface area contributed by atoms with Crippen LogP contribution in [0.5, 0.6) is 0 Å². The Morgan fingerprint density at radius 1 is 0.700 bits per heavy atom. The number of nitrogens with two attached hydrogens (primary N) is 1. The number of benzene rings is 4. The quantitative estimate of drug-likeness (QED) is 0.144. The molecule has 1 amide bonds. The zero-order valence-corrected chi connectivity index (χ0v) is 21.0. The molecule has 4 aromatic rings. The van der Waals surface area contributed by atoms with Gasteiger partial charge in [-0.25, -0.2) is 0 Å². The molecule has 40 heavy (non-hydrogen) atoms. The fourth-order valence-corrected chi connectivity index (χ4v) is 4.13. The van der Waals surface area contributed by atoms with E-state index in [2.05, 4.69) is 5.32 Å². The lowest BCUT2D eigenvalue weighted by molar-refractivity contribution is -0.139. The number of halogens is 6. The fourth-order valence-electron chi connectivity index (χ4n) is 4.13. The summed E-state index contributed by atoms with van der Waals surface area (Å²) in [5.74, 6) is -1.16. The Hall–Kier alpha value is -4.60. The normalized spacial score (nSPS) is 11.8. The van der Waals surface area contributed by atoms with E-state index in [0.717, 1.165) is 23.8 Å². The van der Waals surface area contributed by atoms with E-state index in [-0.39, 0.29) is 23.2 Å². The molecule has 0 spiro atoms. The van der Waals surface area contributed by atoms with Gasteiger partial charge >= 0.3 is 12.4 Å². The van der Waals surface area contributed by atoms with E-state index in [0.29, 0.717) is 23.4 Å². The fraction of sp³-hybridized carbons (Fsp3) is 0.133. The molecule has 0 atom stereocenters. The molecule has 0 aliphatic carbocycles. The summed E-state index contributed by atoms with van der Waals surface area (Å²) in [6.07, 6.45) is -10.4. The summed E-state index contributed by atoms with van der Waals surface area (Å²) in [6, 6.07) is 17.5. The Morgan fingerprint density at radius 2 is 1.23 bits per heavy atom. The van der Waals surface area contributed by atoms with Crippen molar-refractivity contribution in [3.8, 4) is 11.1 Å². The molecule has 0 radical (unpaired) electrons. The molecule has 4 rings (SSSR count). The number of amides is 1. The van der Waals surface area contributed by atoms with Gasteiger partial charge in [0.2, 0.25) is 0 Å². The Balaban J connectivity index is 1.71. The van der Waals surface area contributed by atoms with E-state index in [1.165, 1.54) is 30.3 Å². The summed E-state index contributed by atoms with van der Waals surface area (Å²) in [5, 5.41) is 2.32. The molecule has 0 aliphatic heterocycles. The van der Waals surface area contributed by atoms with Gasteiger partial charge in [0.25, 0.3) is 5.91 Å². The van der Waals surface area contributed by atoms with Crippen LogP contribution in [0.25, 0.3) is 11.1 Å². The van der Waals surface area contributed by atoms with Crippen molar-refractivity contribution in [2.45, 2.75) is 25.7 Å². The summed E-state index contributed by atoms with van der Waals surface area (Å²) in [6.45, 7) is 1.82. The number of anilines is 2. The van der Waals surface area contributed by atoms with E-state index >= 15 is 0 Å². The van der Waals surface area contributed by atoms with Crippen molar-refractivity contribution in [2.75, 3.05) is 11.1 Å². The monoisotopic (exact) mass is 556 g/mol. The van der Waals surface area contributed by atoms with Gasteiger partial charge in [-0.1, -0.05) is 48.0 Å². The van der Waals surface area contributed by atoms with Gasteiger partial charge in [-0.15, -0.1) is 0 Å². The first-order valence-electron chi connectivity index (χ1n) is 11.9. The number of carbonyl (C=O) groups excluding carboxylic acids is 2. The molecule has 0 saturated heterocycles. The molecule has 0 bridgehead atoms. The Morgan fingerprint density at radius 3 is 1.80 bits per heavy atom. The summed E-state index contributed by atoms with van der Waals surface area (Å²) in [4.78, 5) is 25.1. The zero-order valence-electron chi connectivity index (χ0n) is 21.0. The van der Waals surface area contributed by atoms with E-state index in [9.17, 15) is 35.9 Å². The molecule has 3 N–H and O–H groups in total. The van der Waals surface area contributed by atoms with Crippen molar-refractivity contribution in [1.82, 2.24) is 0 Å². The number of hydrogen-bond acceptors (Lipinski definition) is 3. The predicted molar refractivity (Wildman–Crippen MR) is 140 cm³/mol. The second kappa shape index (κ2) is 10.9. The first-order chi connectivity index (χ1) is 18.7. The maximum absolute atomic E-state index is 14.1. The highest BCUT2D eigenvalue weighted by molar-refractivity contribution is 6.04. The predicted octanol–water partition coefficient (Wildman–Crippen LogP) is 7.96. The number of aryl methyl sites for hydroxylation is 1. The highest BCUT2D eigenvalue weighted by atomic mass is 19.4. The average molecular weight is 557 g/mol. The van der Waals surface area contributed by atoms with Gasteiger partial charge in [-0.05, 0) is 66.1 Å². The summed E-state index contributed by atoms with van der Waals surface area (Å²) >= 11 is 0.